The Hall–Kier alpha value is -2.41. The van der Waals surface area contributed by atoms with Crippen molar-refractivity contribution in [3.63, 3.8) is 0 Å². The highest BCUT2D eigenvalue weighted by Gasteiger charge is 2.26. The van der Waals surface area contributed by atoms with E-state index in [0.717, 1.165) is 17.8 Å². The maximum absolute atomic E-state index is 12.5. The van der Waals surface area contributed by atoms with Crippen LogP contribution in [0.25, 0.3) is 10.8 Å². The Bertz CT molecular complexity index is 854. The minimum absolute atomic E-state index is 0.0872. The van der Waals surface area contributed by atoms with E-state index < -0.39 is 0 Å². The van der Waals surface area contributed by atoms with Gasteiger partial charge in [0.15, 0.2) is 0 Å². The summed E-state index contributed by atoms with van der Waals surface area (Å²) in [6.07, 6.45) is 0. The van der Waals surface area contributed by atoms with Crippen LogP contribution in [0.15, 0.2) is 33.9 Å². The first-order valence-electron chi connectivity index (χ1n) is 7.67. The van der Waals surface area contributed by atoms with Crippen molar-refractivity contribution >= 4 is 16.7 Å². The summed E-state index contributed by atoms with van der Waals surface area (Å²) < 4.78 is 1.11. The minimum atomic E-state index is -0.362. The summed E-state index contributed by atoms with van der Waals surface area (Å²) in [6, 6.07) is 6.71. The third kappa shape index (κ3) is 2.92. The van der Waals surface area contributed by atoms with Crippen LogP contribution in [0.5, 0.6) is 0 Å². The topological polar surface area (TPSA) is 78.4 Å². The maximum atomic E-state index is 12.5. The first-order chi connectivity index (χ1) is 11.0. The van der Waals surface area contributed by atoms with Crippen LogP contribution in [0.1, 0.15) is 6.92 Å². The molecule has 0 unspecified atom stereocenters. The second-order valence-electron chi connectivity index (χ2n) is 6.08. The largest absolute Gasteiger partial charge is 0.336 e. The van der Waals surface area contributed by atoms with Crippen molar-refractivity contribution in [3.8, 4) is 0 Å². The molecule has 1 aromatic carbocycles. The number of amides is 1. The first kappa shape index (κ1) is 15.5. The van der Waals surface area contributed by atoms with E-state index in [2.05, 4.69) is 10.00 Å². The standard InChI is InChI=1S/C16H20N4O3/c1-11-9-18(2)7-8-19(11)14(21)10-20-16(23)13-6-4-3-5-12(13)15(22)17-20/h3-6,11H,7-10H2,1-2H3,(H,17,22)/t11-/m0/s1. The smallest absolute Gasteiger partial charge is 0.273 e. The van der Waals surface area contributed by atoms with Crippen LogP contribution in [0.2, 0.25) is 0 Å². The van der Waals surface area contributed by atoms with Crippen molar-refractivity contribution in [2.75, 3.05) is 26.7 Å². The van der Waals surface area contributed by atoms with Crippen LogP contribution >= 0.6 is 0 Å². The number of benzene rings is 1. The van der Waals surface area contributed by atoms with Gasteiger partial charge in [0, 0.05) is 25.7 Å². The number of carbonyl (C=O) groups is 1. The summed E-state index contributed by atoms with van der Waals surface area (Å²) in [5.74, 6) is -0.154. The van der Waals surface area contributed by atoms with Gasteiger partial charge in [0.25, 0.3) is 11.1 Å². The van der Waals surface area contributed by atoms with Crippen LogP contribution in [-0.2, 0) is 11.3 Å². The lowest BCUT2D eigenvalue weighted by atomic mass is 10.2. The molecule has 0 radical (unpaired) electrons. The van der Waals surface area contributed by atoms with Gasteiger partial charge in [0.05, 0.1) is 10.8 Å². The second-order valence-corrected chi connectivity index (χ2v) is 6.08. The predicted octanol–water partition coefficient (Wildman–Crippen LogP) is -0.148. The lowest BCUT2D eigenvalue weighted by Crippen LogP contribution is -2.54. The van der Waals surface area contributed by atoms with Crippen LogP contribution in [0, 0.1) is 0 Å². The Morgan fingerprint density at radius 2 is 1.91 bits per heavy atom. The fraction of sp³-hybridized carbons (Fsp3) is 0.438. The number of aromatic nitrogens is 2. The van der Waals surface area contributed by atoms with Gasteiger partial charge in [-0.05, 0) is 26.1 Å². The summed E-state index contributed by atoms with van der Waals surface area (Å²) in [7, 11) is 2.02. The predicted molar refractivity (Wildman–Crippen MR) is 87.5 cm³/mol. The molecule has 0 spiro atoms. The van der Waals surface area contributed by atoms with Gasteiger partial charge in [-0.2, -0.15) is 0 Å². The van der Waals surface area contributed by atoms with Gasteiger partial charge in [-0.25, -0.2) is 4.68 Å². The van der Waals surface area contributed by atoms with Crippen molar-refractivity contribution in [3.05, 3.63) is 45.0 Å². The number of aromatic amines is 1. The van der Waals surface area contributed by atoms with E-state index in [0.29, 0.717) is 17.3 Å². The van der Waals surface area contributed by atoms with Crippen molar-refractivity contribution in [1.82, 2.24) is 19.6 Å². The molecule has 1 atom stereocenters. The molecule has 0 aliphatic carbocycles. The molecule has 1 aliphatic heterocycles. The normalized spacial score (nSPS) is 19.2. The SMILES string of the molecule is C[C@H]1CN(C)CCN1C(=O)Cn1[nH]c(=O)c2ccccc2c1=O. The Balaban J connectivity index is 1.90. The molecule has 2 aromatic rings. The summed E-state index contributed by atoms with van der Waals surface area (Å²) in [5.41, 5.74) is -0.713. The molecule has 0 saturated carbocycles. The summed E-state index contributed by atoms with van der Waals surface area (Å²) in [6.45, 7) is 4.07. The molecule has 1 aliphatic rings. The highest BCUT2D eigenvalue weighted by molar-refractivity contribution is 5.81. The number of fused-ring (bicyclic) bond motifs is 1. The quantitative estimate of drug-likeness (QED) is 0.836. The molecule has 1 saturated heterocycles. The Labute approximate surface area is 133 Å². The lowest BCUT2D eigenvalue weighted by Gasteiger charge is -2.38. The molecule has 1 N–H and O–H groups in total. The number of nitrogens with one attached hydrogen (secondary N) is 1. The zero-order chi connectivity index (χ0) is 16.6. The van der Waals surface area contributed by atoms with Crippen LogP contribution in [0.4, 0.5) is 0 Å². The molecule has 1 fully saturated rings. The van der Waals surface area contributed by atoms with E-state index in [9.17, 15) is 14.4 Å². The summed E-state index contributed by atoms with van der Waals surface area (Å²) >= 11 is 0. The summed E-state index contributed by atoms with van der Waals surface area (Å²) in [4.78, 5) is 41.0. The second kappa shape index (κ2) is 6.00. The third-order valence-corrected chi connectivity index (χ3v) is 4.33. The number of piperazine rings is 1. The van der Waals surface area contributed by atoms with Crippen LogP contribution in [0.3, 0.4) is 0 Å². The van der Waals surface area contributed by atoms with Gasteiger partial charge < -0.3 is 9.80 Å². The zero-order valence-corrected chi connectivity index (χ0v) is 13.3. The van der Waals surface area contributed by atoms with Crippen LogP contribution < -0.4 is 11.1 Å². The van der Waals surface area contributed by atoms with Crippen LogP contribution in [-0.4, -0.2) is 58.2 Å². The van der Waals surface area contributed by atoms with E-state index in [1.165, 1.54) is 0 Å². The van der Waals surface area contributed by atoms with E-state index >= 15 is 0 Å². The number of carbonyl (C=O) groups excluding carboxylic acids is 1. The van der Waals surface area contributed by atoms with Gasteiger partial charge in [0.2, 0.25) is 5.91 Å². The Morgan fingerprint density at radius 3 is 2.61 bits per heavy atom. The molecule has 7 nitrogen and oxygen atoms in total. The minimum Gasteiger partial charge on any atom is -0.336 e. The fourth-order valence-corrected chi connectivity index (χ4v) is 3.09. The van der Waals surface area contributed by atoms with Crippen molar-refractivity contribution in [1.29, 1.82) is 0 Å². The monoisotopic (exact) mass is 316 g/mol. The average Bonchev–Trinajstić information content (AvgIpc) is 2.52. The Morgan fingerprint density at radius 1 is 1.22 bits per heavy atom. The number of nitrogens with zero attached hydrogens (tertiary/aromatic N) is 3. The number of hydrogen-bond donors (Lipinski definition) is 1. The van der Waals surface area contributed by atoms with E-state index in [1.54, 1.807) is 29.2 Å². The van der Waals surface area contributed by atoms with Crippen molar-refractivity contribution in [2.24, 2.45) is 0 Å². The highest BCUT2D eigenvalue weighted by Crippen LogP contribution is 2.09. The molecule has 1 amide bonds. The van der Waals surface area contributed by atoms with Gasteiger partial charge >= 0.3 is 0 Å². The van der Waals surface area contributed by atoms with Gasteiger partial charge in [-0.15, -0.1) is 0 Å². The third-order valence-electron chi connectivity index (χ3n) is 4.33. The first-order valence-corrected chi connectivity index (χ1v) is 7.67. The number of H-pyrrole nitrogens is 1. The van der Waals surface area contributed by atoms with Crippen molar-refractivity contribution < 1.29 is 4.79 Å². The molecule has 122 valence electrons. The van der Waals surface area contributed by atoms with Gasteiger partial charge in [0.1, 0.15) is 6.54 Å². The van der Waals surface area contributed by atoms with E-state index in [-0.39, 0.29) is 29.6 Å². The average molecular weight is 316 g/mol. The number of hydrogen-bond acceptors (Lipinski definition) is 4. The molecule has 3 rings (SSSR count). The number of likely N-dealkylation sites (N-methyl/N-ethyl adjacent to an activating group) is 1. The molecular formula is C16H20N4O3. The highest BCUT2D eigenvalue weighted by atomic mass is 16.2. The maximum Gasteiger partial charge on any atom is 0.273 e. The molecular weight excluding hydrogens is 296 g/mol. The fourth-order valence-electron chi connectivity index (χ4n) is 3.09. The molecule has 7 heteroatoms. The van der Waals surface area contributed by atoms with E-state index in [1.807, 2.05) is 14.0 Å². The zero-order valence-electron chi connectivity index (χ0n) is 13.3. The molecule has 0 bridgehead atoms. The van der Waals surface area contributed by atoms with Gasteiger partial charge in [-0.3, -0.25) is 19.5 Å². The number of rotatable bonds is 2. The summed E-state index contributed by atoms with van der Waals surface area (Å²) in [5, 5.41) is 3.17. The van der Waals surface area contributed by atoms with Gasteiger partial charge in [-0.1, -0.05) is 12.1 Å². The molecule has 2 heterocycles. The van der Waals surface area contributed by atoms with E-state index in [4.69, 9.17) is 0 Å². The van der Waals surface area contributed by atoms with Crippen molar-refractivity contribution in [2.45, 2.75) is 19.5 Å². The molecule has 1 aromatic heterocycles. The molecule has 23 heavy (non-hydrogen) atoms. The Kier molecular flexibility index (Phi) is 4.04. The lowest BCUT2D eigenvalue weighted by molar-refractivity contribution is -0.136.